The van der Waals surface area contributed by atoms with Crippen LogP contribution in [-0.4, -0.2) is 18.0 Å². The largest absolute Gasteiger partial charge is 0.496 e. The van der Waals surface area contributed by atoms with Gasteiger partial charge in [0.1, 0.15) is 16.6 Å². The number of carbonyl (C=O) groups is 1. The number of hydrogen-bond donors (Lipinski definition) is 1. The molecule has 0 aliphatic carbocycles. The van der Waals surface area contributed by atoms with E-state index in [0.717, 1.165) is 5.56 Å². The first-order valence-corrected chi connectivity index (χ1v) is 7.04. The van der Waals surface area contributed by atoms with Crippen molar-refractivity contribution in [2.45, 2.75) is 13.0 Å². The Bertz CT molecular complexity index is 662. The van der Waals surface area contributed by atoms with Crippen LogP contribution in [0.4, 0.5) is 0 Å². The number of benzene rings is 1. The van der Waals surface area contributed by atoms with E-state index < -0.39 is 0 Å². The van der Waals surface area contributed by atoms with Gasteiger partial charge in [-0.3, -0.25) is 4.79 Å². The lowest BCUT2D eigenvalue weighted by molar-refractivity contribution is 0.0934. The van der Waals surface area contributed by atoms with Gasteiger partial charge in [0.2, 0.25) is 0 Å². The van der Waals surface area contributed by atoms with Crippen molar-refractivity contribution in [3.05, 3.63) is 57.8 Å². The Morgan fingerprint density at radius 1 is 1.24 bits per heavy atom. The van der Waals surface area contributed by atoms with Crippen LogP contribution < -0.4 is 10.1 Å². The summed E-state index contributed by atoms with van der Waals surface area (Å²) in [6.07, 6.45) is 0. The summed E-state index contributed by atoms with van der Waals surface area (Å²) in [5.41, 5.74) is 0.970. The molecule has 1 heterocycles. The van der Waals surface area contributed by atoms with E-state index in [0.29, 0.717) is 5.75 Å². The molecule has 0 unspecified atom stereocenters. The van der Waals surface area contributed by atoms with Gasteiger partial charge in [-0.2, -0.15) is 0 Å². The smallest absolute Gasteiger partial charge is 0.271 e. The number of methoxy groups -OCH3 is 1. The Hall–Kier alpha value is -1.78. The maximum absolute atomic E-state index is 12.2. The van der Waals surface area contributed by atoms with Crippen molar-refractivity contribution >= 4 is 29.1 Å². The van der Waals surface area contributed by atoms with Gasteiger partial charge in [0, 0.05) is 5.56 Å². The van der Waals surface area contributed by atoms with E-state index in [4.69, 9.17) is 27.9 Å². The van der Waals surface area contributed by atoms with Crippen molar-refractivity contribution in [3.8, 4) is 5.75 Å². The SMILES string of the molecule is COc1ccccc1[C@H](C)NC(=O)c1nc(Cl)ccc1Cl. The zero-order valence-electron chi connectivity index (χ0n) is 11.6. The molecule has 0 aliphatic rings. The molecule has 2 aromatic rings. The number of aromatic nitrogens is 1. The maximum Gasteiger partial charge on any atom is 0.271 e. The number of halogens is 2. The average Bonchev–Trinajstić information content (AvgIpc) is 2.49. The molecule has 1 atom stereocenters. The van der Waals surface area contributed by atoms with Gasteiger partial charge < -0.3 is 10.1 Å². The zero-order chi connectivity index (χ0) is 15.4. The molecule has 0 spiro atoms. The quantitative estimate of drug-likeness (QED) is 0.868. The number of pyridine rings is 1. The summed E-state index contributed by atoms with van der Waals surface area (Å²) in [6.45, 7) is 1.86. The number of nitrogens with zero attached hydrogens (tertiary/aromatic N) is 1. The lowest BCUT2D eigenvalue weighted by atomic mass is 10.1. The van der Waals surface area contributed by atoms with Crippen LogP contribution in [0.2, 0.25) is 10.2 Å². The Morgan fingerprint density at radius 3 is 2.67 bits per heavy atom. The molecule has 4 nitrogen and oxygen atoms in total. The van der Waals surface area contributed by atoms with Crippen molar-refractivity contribution in [3.63, 3.8) is 0 Å². The number of amides is 1. The standard InChI is InChI=1S/C15H14Cl2N2O2/c1-9(10-5-3-4-6-12(10)21-2)18-15(20)14-11(16)7-8-13(17)19-14/h3-9H,1-2H3,(H,18,20)/t9-/m0/s1. The first-order valence-electron chi connectivity index (χ1n) is 6.28. The van der Waals surface area contributed by atoms with E-state index >= 15 is 0 Å². The van der Waals surface area contributed by atoms with Gasteiger partial charge >= 0.3 is 0 Å². The summed E-state index contributed by atoms with van der Waals surface area (Å²) in [4.78, 5) is 16.2. The van der Waals surface area contributed by atoms with Crippen LogP contribution in [0.1, 0.15) is 29.0 Å². The van der Waals surface area contributed by atoms with Gasteiger partial charge in [0.15, 0.2) is 0 Å². The normalized spacial score (nSPS) is 11.8. The Labute approximate surface area is 133 Å². The van der Waals surface area contributed by atoms with Crippen molar-refractivity contribution in [1.29, 1.82) is 0 Å². The van der Waals surface area contributed by atoms with Gasteiger partial charge in [-0.25, -0.2) is 4.98 Å². The zero-order valence-corrected chi connectivity index (χ0v) is 13.1. The van der Waals surface area contributed by atoms with Crippen molar-refractivity contribution in [1.82, 2.24) is 10.3 Å². The van der Waals surface area contributed by atoms with Crippen molar-refractivity contribution < 1.29 is 9.53 Å². The number of hydrogen-bond acceptors (Lipinski definition) is 3. The topological polar surface area (TPSA) is 51.2 Å². The summed E-state index contributed by atoms with van der Waals surface area (Å²) in [5.74, 6) is 0.316. The van der Waals surface area contributed by atoms with E-state index in [1.165, 1.54) is 6.07 Å². The fourth-order valence-electron chi connectivity index (χ4n) is 1.94. The molecule has 0 aliphatic heterocycles. The first kappa shape index (κ1) is 15.6. The Morgan fingerprint density at radius 2 is 1.95 bits per heavy atom. The van der Waals surface area contributed by atoms with Crippen LogP contribution in [0.5, 0.6) is 5.75 Å². The summed E-state index contributed by atoms with van der Waals surface area (Å²) in [5, 5.41) is 3.30. The second-order valence-electron chi connectivity index (χ2n) is 4.40. The molecule has 1 aromatic heterocycles. The molecule has 0 saturated carbocycles. The van der Waals surface area contributed by atoms with Gasteiger partial charge in [-0.1, -0.05) is 41.4 Å². The minimum Gasteiger partial charge on any atom is -0.496 e. The number of rotatable bonds is 4. The average molecular weight is 325 g/mol. The molecule has 0 fully saturated rings. The summed E-state index contributed by atoms with van der Waals surface area (Å²) in [6, 6.07) is 10.3. The van der Waals surface area contributed by atoms with Crippen molar-refractivity contribution in [2.75, 3.05) is 7.11 Å². The van der Waals surface area contributed by atoms with Gasteiger partial charge in [-0.05, 0) is 25.1 Å². The predicted octanol–water partition coefficient (Wildman–Crippen LogP) is 3.89. The van der Waals surface area contributed by atoms with E-state index in [9.17, 15) is 4.79 Å². The first-order chi connectivity index (χ1) is 10.0. The highest BCUT2D eigenvalue weighted by Crippen LogP contribution is 2.25. The number of carbonyl (C=O) groups excluding carboxylic acids is 1. The molecular weight excluding hydrogens is 311 g/mol. The summed E-state index contributed by atoms with van der Waals surface area (Å²) < 4.78 is 5.28. The minimum atomic E-state index is -0.388. The van der Waals surface area contributed by atoms with Crippen LogP contribution in [-0.2, 0) is 0 Å². The van der Waals surface area contributed by atoms with Gasteiger partial charge in [-0.15, -0.1) is 0 Å². The molecular formula is C15H14Cl2N2O2. The second-order valence-corrected chi connectivity index (χ2v) is 5.20. The molecule has 2 rings (SSSR count). The molecule has 1 aromatic carbocycles. The number of para-hydroxylation sites is 1. The van der Waals surface area contributed by atoms with Crippen LogP contribution in [0.25, 0.3) is 0 Å². The Balaban J connectivity index is 2.21. The molecule has 1 N–H and O–H groups in total. The monoisotopic (exact) mass is 324 g/mol. The highest BCUT2D eigenvalue weighted by molar-refractivity contribution is 6.34. The highest BCUT2D eigenvalue weighted by Gasteiger charge is 2.18. The Kier molecular flexibility index (Phi) is 5.04. The van der Waals surface area contributed by atoms with E-state index in [2.05, 4.69) is 10.3 Å². The molecule has 0 saturated heterocycles. The van der Waals surface area contributed by atoms with Gasteiger partial charge in [0.05, 0.1) is 18.2 Å². The fourth-order valence-corrected chi connectivity index (χ4v) is 2.28. The highest BCUT2D eigenvalue weighted by atomic mass is 35.5. The third kappa shape index (κ3) is 3.65. The van der Waals surface area contributed by atoms with Gasteiger partial charge in [0.25, 0.3) is 5.91 Å². The van der Waals surface area contributed by atoms with Crippen LogP contribution in [0.15, 0.2) is 36.4 Å². The van der Waals surface area contributed by atoms with Crippen LogP contribution in [0.3, 0.4) is 0 Å². The summed E-state index contributed by atoms with van der Waals surface area (Å²) >= 11 is 11.8. The predicted molar refractivity (Wildman–Crippen MR) is 83.1 cm³/mol. The van der Waals surface area contributed by atoms with E-state index in [-0.39, 0.29) is 27.8 Å². The van der Waals surface area contributed by atoms with Crippen LogP contribution in [0, 0.1) is 0 Å². The van der Waals surface area contributed by atoms with E-state index in [1.54, 1.807) is 13.2 Å². The second kappa shape index (κ2) is 6.78. The van der Waals surface area contributed by atoms with Crippen LogP contribution >= 0.6 is 23.2 Å². The third-order valence-corrected chi connectivity index (χ3v) is 3.50. The number of ether oxygens (including phenoxy) is 1. The molecule has 6 heteroatoms. The molecule has 0 radical (unpaired) electrons. The lowest BCUT2D eigenvalue weighted by Gasteiger charge is -2.17. The molecule has 1 amide bonds. The lowest BCUT2D eigenvalue weighted by Crippen LogP contribution is -2.28. The van der Waals surface area contributed by atoms with E-state index in [1.807, 2.05) is 31.2 Å². The third-order valence-electron chi connectivity index (χ3n) is 2.98. The molecule has 21 heavy (non-hydrogen) atoms. The summed E-state index contributed by atoms with van der Waals surface area (Å²) in [7, 11) is 1.59. The maximum atomic E-state index is 12.2. The fraction of sp³-hybridized carbons (Fsp3) is 0.200. The number of nitrogens with one attached hydrogen (secondary N) is 1. The molecule has 110 valence electrons. The minimum absolute atomic E-state index is 0.103. The molecule has 0 bridgehead atoms. The van der Waals surface area contributed by atoms with Crippen molar-refractivity contribution in [2.24, 2.45) is 0 Å².